The molecule has 1 saturated heterocycles. The predicted octanol–water partition coefficient (Wildman–Crippen LogP) is 3.44. The van der Waals surface area contributed by atoms with Gasteiger partial charge in [-0.3, -0.25) is 9.59 Å². The highest BCUT2D eigenvalue weighted by Gasteiger charge is 2.27. The van der Waals surface area contributed by atoms with Crippen LogP contribution >= 0.6 is 0 Å². The predicted molar refractivity (Wildman–Crippen MR) is 131 cm³/mol. The van der Waals surface area contributed by atoms with Crippen LogP contribution in [0, 0.1) is 0 Å². The van der Waals surface area contributed by atoms with Crippen molar-refractivity contribution in [3.8, 4) is 11.5 Å². The lowest BCUT2D eigenvalue weighted by Crippen LogP contribution is -2.37. The third-order valence-electron chi connectivity index (χ3n) is 5.56. The van der Waals surface area contributed by atoms with E-state index in [0.29, 0.717) is 49.3 Å². The van der Waals surface area contributed by atoms with Crippen LogP contribution in [0.4, 0.5) is 17.1 Å². The van der Waals surface area contributed by atoms with Crippen molar-refractivity contribution in [2.75, 3.05) is 54.7 Å². The maximum atomic E-state index is 13.2. The topological polar surface area (TPSA) is 92.7 Å². The number of hydrogen-bond acceptors (Lipinski definition) is 7. The number of para-hydroxylation sites is 1. The minimum Gasteiger partial charge on any atom is -0.492 e. The molecule has 2 aromatic carbocycles. The molecule has 9 heteroatoms. The van der Waals surface area contributed by atoms with Crippen LogP contribution in [0.1, 0.15) is 26.7 Å². The van der Waals surface area contributed by atoms with Gasteiger partial charge in [-0.2, -0.15) is 5.10 Å². The molecule has 34 heavy (non-hydrogen) atoms. The number of ether oxygens (including phenoxy) is 3. The van der Waals surface area contributed by atoms with E-state index < -0.39 is 0 Å². The van der Waals surface area contributed by atoms with E-state index in [1.165, 1.54) is 5.01 Å². The van der Waals surface area contributed by atoms with Gasteiger partial charge in [0, 0.05) is 38.1 Å². The number of hydrazone groups is 1. The second-order valence-electron chi connectivity index (χ2n) is 7.82. The summed E-state index contributed by atoms with van der Waals surface area (Å²) in [7, 11) is 0. The zero-order valence-electron chi connectivity index (χ0n) is 19.6. The molecule has 0 aromatic heterocycles. The third kappa shape index (κ3) is 5.31. The number of morpholine rings is 1. The molecule has 1 N–H and O–H groups in total. The molecule has 2 aliphatic rings. The summed E-state index contributed by atoms with van der Waals surface area (Å²) in [6, 6.07) is 12.8. The molecule has 0 bridgehead atoms. The minimum absolute atomic E-state index is 0.147. The van der Waals surface area contributed by atoms with Crippen molar-refractivity contribution >= 4 is 34.6 Å². The number of nitrogens with zero attached hydrogens (tertiary/aromatic N) is 3. The van der Waals surface area contributed by atoms with E-state index in [9.17, 15) is 9.59 Å². The van der Waals surface area contributed by atoms with Crippen molar-refractivity contribution in [1.82, 2.24) is 0 Å². The fourth-order valence-electron chi connectivity index (χ4n) is 3.93. The highest BCUT2D eigenvalue weighted by atomic mass is 16.5. The molecular formula is C25H30N4O5. The first-order chi connectivity index (χ1) is 16.6. The summed E-state index contributed by atoms with van der Waals surface area (Å²) in [5, 5.41) is 8.56. The molecule has 2 heterocycles. The Bertz CT molecular complexity index is 1050. The smallest absolute Gasteiger partial charge is 0.271 e. The van der Waals surface area contributed by atoms with Gasteiger partial charge in [-0.15, -0.1) is 0 Å². The summed E-state index contributed by atoms with van der Waals surface area (Å²) < 4.78 is 17.3. The van der Waals surface area contributed by atoms with Gasteiger partial charge in [0.2, 0.25) is 5.91 Å². The summed E-state index contributed by atoms with van der Waals surface area (Å²) in [4.78, 5) is 27.8. The molecule has 4 rings (SSSR count). The second kappa shape index (κ2) is 11.0. The van der Waals surface area contributed by atoms with Crippen LogP contribution < -0.4 is 24.7 Å². The van der Waals surface area contributed by atoms with Crippen LogP contribution in [0.2, 0.25) is 0 Å². The number of carbonyl (C=O) groups excluding carboxylic acids is 2. The first kappa shape index (κ1) is 23.6. The van der Waals surface area contributed by atoms with Gasteiger partial charge >= 0.3 is 0 Å². The summed E-state index contributed by atoms with van der Waals surface area (Å²) in [6.45, 7) is 7.52. The number of carbonyl (C=O) groups is 2. The first-order valence-corrected chi connectivity index (χ1v) is 11.6. The van der Waals surface area contributed by atoms with Gasteiger partial charge in [0.25, 0.3) is 5.91 Å². The van der Waals surface area contributed by atoms with E-state index in [4.69, 9.17) is 14.2 Å². The van der Waals surface area contributed by atoms with Crippen molar-refractivity contribution in [2.24, 2.45) is 5.10 Å². The van der Waals surface area contributed by atoms with Gasteiger partial charge in [-0.25, -0.2) is 5.01 Å². The largest absolute Gasteiger partial charge is 0.492 e. The molecule has 0 unspecified atom stereocenters. The lowest BCUT2D eigenvalue weighted by atomic mass is 10.1. The van der Waals surface area contributed by atoms with Gasteiger partial charge in [-0.05, 0) is 26.0 Å². The van der Waals surface area contributed by atoms with Crippen LogP contribution in [0.15, 0.2) is 47.6 Å². The van der Waals surface area contributed by atoms with E-state index in [0.717, 1.165) is 18.8 Å². The zero-order valence-corrected chi connectivity index (χ0v) is 19.6. The first-order valence-electron chi connectivity index (χ1n) is 11.6. The Morgan fingerprint density at radius 2 is 1.74 bits per heavy atom. The Balaban J connectivity index is 1.62. The minimum atomic E-state index is -0.379. The van der Waals surface area contributed by atoms with Crippen LogP contribution in [0.25, 0.3) is 0 Å². The van der Waals surface area contributed by atoms with Crippen molar-refractivity contribution < 1.29 is 23.8 Å². The molecule has 9 nitrogen and oxygen atoms in total. The monoisotopic (exact) mass is 466 g/mol. The molecule has 2 aromatic rings. The highest BCUT2D eigenvalue weighted by Crippen LogP contribution is 2.39. The van der Waals surface area contributed by atoms with Crippen LogP contribution in [-0.4, -0.2) is 57.0 Å². The van der Waals surface area contributed by atoms with E-state index in [2.05, 4.69) is 15.3 Å². The van der Waals surface area contributed by atoms with E-state index in [1.807, 2.05) is 38.1 Å². The Labute approximate surface area is 199 Å². The molecule has 0 radical (unpaired) electrons. The Morgan fingerprint density at radius 3 is 2.44 bits per heavy atom. The normalized spacial score (nSPS) is 16.2. The Morgan fingerprint density at radius 1 is 1.03 bits per heavy atom. The molecule has 0 atom stereocenters. The van der Waals surface area contributed by atoms with Crippen LogP contribution in [-0.2, 0) is 14.3 Å². The zero-order chi connectivity index (χ0) is 23.9. The van der Waals surface area contributed by atoms with Crippen molar-refractivity contribution in [3.63, 3.8) is 0 Å². The molecule has 1 fully saturated rings. The third-order valence-corrected chi connectivity index (χ3v) is 5.56. The number of rotatable bonds is 8. The van der Waals surface area contributed by atoms with Gasteiger partial charge in [0.05, 0.1) is 43.5 Å². The fourth-order valence-corrected chi connectivity index (χ4v) is 3.93. The summed E-state index contributed by atoms with van der Waals surface area (Å²) >= 11 is 0. The van der Waals surface area contributed by atoms with Gasteiger partial charge in [0.1, 0.15) is 17.2 Å². The Hall–Kier alpha value is -3.59. The molecule has 2 amide bonds. The molecule has 180 valence electrons. The quantitative estimate of drug-likeness (QED) is 0.641. The Kier molecular flexibility index (Phi) is 7.64. The lowest BCUT2D eigenvalue weighted by molar-refractivity contribution is -0.118. The molecule has 0 saturated carbocycles. The van der Waals surface area contributed by atoms with Crippen molar-refractivity contribution in [2.45, 2.75) is 26.7 Å². The van der Waals surface area contributed by atoms with Gasteiger partial charge in [-0.1, -0.05) is 18.2 Å². The number of anilines is 3. The SMILES string of the molecule is CCOc1cc(N2CCOCC2)c(OCC)cc1NC(=O)C1=NN(c2ccccc2)C(=O)CC1. The summed E-state index contributed by atoms with van der Waals surface area (Å²) in [5.74, 6) is 0.685. The number of amides is 2. The fraction of sp³-hybridized carbons (Fsp3) is 0.400. The van der Waals surface area contributed by atoms with Crippen molar-refractivity contribution in [3.05, 3.63) is 42.5 Å². The average molecular weight is 467 g/mol. The summed E-state index contributed by atoms with van der Waals surface area (Å²) in [6.07, 6.45) is 0.474. The van der Waals surface area contributed by atoms with Crippen LogP contribution in [0.3, 0.4) is 0 Å². The highest BCUT2D eigenvalue weighted by molar-refractivity contribution is 6.44. The lowest BCUT2D eigenvalue weighted by Gasteiger charge is -2.31. The van der Waals surface area contributed by atoms with Gasteiger partial charge < -0.3 is 24.4 Å². The summed E-state index contributed by atoms with van der Waals surface area (Å²) in [5.41, 5.74) is 2.31. The molecule has 0 aliphatic carbocycles. The number of hydrogen-bond donors (Lipinski definition) is 1. The van der Waals surface area contributed by atoms with E-state index in [1.54, 1.807) is 18.2 Å². The standard InChI is InChI=1S/C25H30N4O5/c1-3-33-22-17-21(28-12-14-32-15-13-28)23(34-4-2)16-20(22)26-25(31)19-10-11-24(30)29(27-19)18-8-6-5-7-9-18/h5-9,16-17H,3-4,10-15H2,1-2H3,(H,26,31). The maximum Gasteiger partial charge on any atom is 0.271 e. The maximum absolute atomic E-state index is 13.2. The van der Waals surface area contributed by atoms with E-state index in [-0.39, 0.29) is 30.4 Å². The second-order valence-corrected chi connectivity index (χ2v) is 7.82. The molecule has 0 spiro atoms. The van der Waals surface area contributed by atoms with Crippen molar-refractivity contribution in [1.29, 1.82) is 0 Å². The number of nitrogens with one attached hydrogen (secondary N) is 1. The van der Waals surface area contributed by atoms with Gasteiger partial charge in [0.15, 0.2) is 0 Å². The van der Waals surface area contributed by atoms with E-state index >= 15 is 0 Å². The molecule has 2 aliphatic heterocycles. The van der Waals surface area contributed by atoms with Crippen LogP contribution in [0.5, 0.6) is 11.5 Å². The average Bonchev–Trinajstić information content (AvgIpc) is 2.87. The number of benzene rings is 2. The molecular weight excluding hydrogens is 436 g/mol.